The third-order valence-corrected chi connectivity index (χ3v) is 5.57. The van der Waals surface area contributed by atoms with E-state index in [1.54, 1.807) is 6.33 Å². The molecule has 3 fully saturated rings. The number of hydrogen-bond donors (Lipinski definition) is 0. The molecule has 2 bridgehead atoms. The van der Waals surface area contributed by atoms with Crippen molar-refractivity contribution in [3.05, 3.63) is 12.2 Å². The van der Waals surface area contributed by atoms with Gasteiger partial charge in [-0.2, -0.15) is 5.10 Å². The lowest BCUT2D eigenvalue weighted by molar-refractivity contribution is -0.120. The Morgan fingerprint density at radius 3 is 2.79 bits per heavy atom. The molecule has 0 amide bonds. The lowest BCUT2D eigenvalue weighted by Crippen LogP contribution is -2.16. The number of nitrogens with zero attached hydrogens (tertiary/aromatic N) is 3. The van der Waals surface area contributed by atoms with E-state index in [-0.39, 0.29) is 0 Å². The van der Waals surface area contributed by atoms with Crippen molar-refractivity contribution in [2.45, 2.75) is 45.6 Å². The topological polar surface area (TPSA) is 47.8 Å². The Hall–Kier alpha value is -1.19. The highest BCUT2D eigenvalue weighted by Gasteiger charge is 2.66. The van der Waals surface area contributed by atoms with E-state index in [1.807, 2.05) is 4.68 Å². The van der Waals surface area contributed by atoms with Crippen LogP contribution in [-0.2, 0) is 17.8 Å². The van der Waals surface area contributed by atoms with Crippen LogP contribution in [0.4, 0.5) is 0 Å². The van der Waals surface area contributed by atoms with E-state index in [0.29, 0.717) is 18.1 Å². The Bertz CT molecular complexity index is 493. The van der Waals surface area contributed by atoms with Gasteiger partial charge in [0.1, 0.15) is 17.9 Å². The molecule has 4 atom stereocenters. The van der Waals surface area contributed by atoms with E-state index < -0.39 is 0 Å². The zero-order valence-electron chi connectivity index (χ0n) is 11.5. The van der Waals surface area contributed by atoms with Gasteiger partial charge in [0, 0.05) is 12.5 Å². The highest BCUT2D eigenvalue weighted by atomic mass is 16.1. The van der Waals surface area contributed by atoms with Crippen LogP contribution in [0.2, 0.25) is 0 Å². The van der Waals surface area contributed by atoms with Crippen LogP contribution in [0.1, 0.15) is 38.4 Å². The first-order chi connectivity index (χ1) is 9.29. The van der Waals surface area contributed by atoms with Crippen molar-refractivity contribution >= 4 is 5.78 Å². The summed E-state index contributed by atoms with van der Waals surface area (Å²) in [7, 11) is 0. The second-order valence-corrected chi connectivity index (χ2v) is 6.56. The van der Waals surface area contributed by atoms with Crippen molar-refractivity contribution in [2.75, 3.05) is 0 Å². The summed E-state index contributed by atoms with van der Waals surface area (Å²) in [4.78, 5) is 16.7. The first-order valence-electron chi connectivity index (χ1n) is 7.69. The average molecular weight is 259 g/mol. The summed E-state index contributed by atoms with van der Waals surface area (Å²) in [6.07, 6.45) is 7.27. The third-order valence-electron chi connectivity index (χ3n) is 5.57. The maximum absolute atomic E-state index is 12.5. The zero-order valence-corrected chi connectivity index (χ0v) is 11.5. The minimum atomic E-state index is 0.373. The SMILES string of the molecule is CCCn1ncnc1CC(=O)C1C2C3CCC(C3)C12. The van der Waals surface area contributed by atoms with Crippen LogP contribution in [0.3, 0.4) is 0 Å². The number of rotatable bonds is 5. The molecular formula is C15H21N3O. The fourth-order valence-electron chi connectivity index (χ4n) is 4.85. The maximum Gasteiger partial charge on any atom is 0.144 e. The zero-order chi connectivity index (χ0) is 13.0. The Labute approximate surface area is 113 Å². The molecular weight excluding hydrogens is 238 g/mol. The first-order valence-corrected chi connectivity index (χ1v) is 7.69. The number of Topliss-reactive ketones (excluding diaryl/α,β-unsaturated/α-hetero) is 1. The van der Waals surface area contributed by atoms with Crippen LogP contribution in [0, 0.1) is 29.6 Å². The molecule has 1 aromatic heterocycles. The van der Waals surface area contributed by atoms with Crippen LogP contribution in [-0.4, -0.2) is 20.5 Å². The molecule has 3 aliphatic carbocycles. The molecule has 0 saturated heterocycles. The smallest absolute Gasteiger partial charge is 0.144 e. The molecule has 4 heteroatoms. The van der Waals surface area contributed by atoms with Crippen molar-refractivity contribution in [2.24, 2.45) is 29.6 Å². The van der Waals surface area contributed by atoms with E-state index in [2.05, 4.69) is 17.0 Å². The van der Waals surface area contributed by atoms with Crippen LogP contribution in [0.15, 0.2) is 6.33 Å². The normalized spacial score (nSPS) is 38.5. The van der Waals surface area contributed by atoms with E-state index in [0.717, 1.165) is 42.5 Å². The lowest BCUT2D eigenvalue weighted by Gasteiger charge is -2.08. The van der Waals surface area contributed by atoms with E-state index in [1.165, 1.54) is 19.3 Å². The van der Waals surface area contributed by atoms with Crippen molar-refractivity contribution < 1.29 is 4.79 Å². The number of aryl methyl sites for hydroxylation is 1. The van der Waals surface area contributed by atoms with Gasteiger partial charge in [-0.05, 0) is 49.4 Å². The van der Waals surface area contributed by atoms with Crippen molar-refractivity contribution in [1.82, 2.24) is 14.8 Å². The molecule has 1 aromatic rings. The Morgan fingerprint density at radius 2 is 2.11 bits per heavy atom. The molecule has 19 heavy (non-hydrogen) atoms. The first kappa shape index (κ1) is 11.6. The van der Waals surface area contributed by atoms with Gasteiger partial charge in [0.25, 0.3) is 0 Å². The maximum atomic E-state index is 12.5. The van der Waals surface area contributed by atoms with Gasteiger partial charge in [0.15, 0.2) is 0 Å². The second-order valence-electron chi connectivity index (χ2n) is 6.56. The quantitative estimate of drug-likeness (QED) is 0.813. The van der Waals surface area contributed by atoms with Gasteiger partial charge in [-0.3, -0.25) is 4.79 Å². The highest BCUT2D eigenvalue weighted by Crippen LogP contribution is 2.69. The Kier molecular flexibility index (Phi) is 2.54. The van der Waals surface area contributed by atoms with Crippen LogP contribution < -0.4 is 0 Å². The van der Waals surface area contributed by atoms with Crippen LogP contribution in [0.25, 0.3) is 0 Å². The molecule has 3 saturated carbocycles. The second kappa shape index (κ2) is 4.15. The van der Waals surface area contributed by atoms with Gasteiger partial charge in [-0.25, -0.2) is 9.67 Å². The van der Waals surface area contributed by atoms with E-state index in [9.17, 15) is 4.79 Å². The molecule has 0 aliphatic heterocycles. The standard InChI is InChI=1S/C15H21N3O/c1-2-5-18-12(16-8-17-18)7-11(19)15-13-9-3-4-10(6-9)14(13)15/h8-10,13-15H,2-7H2,1H3. The molecule has 0 radical (unpaired) electrons. The summed E-state index contributed by atoms with van der Waals surface area (Å²) < 4.78 is 1.89. The predicted molar refractivity (Wildman–Crippen MR) is 70.3 cm³/mol. The van der Waals surface area contributed by atoms with Gasteiger partial charge in [-0.15, -0.1) is 0 Å². The summed E-state index contributed by atoms with van der Waals surface area (Å²) in [6, 6.07) is 0. The molecule has 4 unspecified atom stereocenters. The molecule has 1 heterocycles. The molecule has 0 aromatic carbocycles. The fraction of sp³-hybridized carbons (Fsp3) is 0.800. The fourth-order valence-corrected chi connectivity index (χ4v) is 4.85. The monoisotopic (exact) mass is 259 g/mol. The van der Waals surface area contributed by atoms with Gasteiger partial charge < -0.3 is 0 Å². The average Bonchev–Trinajstić information content (AvgIpc) is 2.75. The summed E-state index contributed by atoms with van der Waals surface area (Å²) in [5.41, 5.74) is 0. The number of carbonyl (C=O) groups is 1. The van der Waals surface area contributed by atoms with Gasteiger partial charge in [0.05, 0.1) is 6.42 Å². The van der Waals surface area contributed by atoms with Crippen LogP contribution >= 0.6 is 0 Å². The molecule has 3 aliphatic rings. The molecule has 0 N–H and O–H groups in total. The molecule has 4 nitrogen and oxygen atoms in total. The number of hydrogen-bond acceptors (Lipinski definition) is 3. The van der Waals surface area contributed by atoms with E-state index >= 15 is 0 Å². The number of fused-ring (bicyclic) bond motifs is 5. The van der Waals surface area contributed by atoms with Crippen LogP contribution in [0.5, 0.6) is 0 Å². The van der Waals surface area contributed by atoms with Gasteiger partial charge in [-0.1, -0.05) is 6.92 Å². The minimum Gasteiger partial charge on any atom is -0.299 e. The summed E-state index contributed by atoms with van der Waals surface area (Å²) in [5, 5.41) is 4.21. The van der Waals surface area contributed by atoms with Crippen molar-refractivity contribution in [1.29, 1.82) is 0 Å². The third kappa shape index (κ3) is 1.68. The summed E-state index contributed by atoms with van der Waals surface area (Å²) in [6.45, 7) is 2.99. The van der Waals surface area contributed by atoms with Gasteiger partial charge in [0.2, 0.25) is 0 Å². The predicted octanol–water partition coefficient (Wildman–Crippen LogP) is 2.09. The Balaban J connectivity index is 1.44. The number of aromatic nitrogens is 3. The van der Waals surface area contributed by atoms with Gasteiger partial charge >= 0.3 is 0 Å². The van der Waals surface area contributed by atoms with Crippen molar-refractivity contribution in [3.63, 3.8) is 0 Å². The largest absolute Gasteiger partial charge is 0.299 e. The lowest BCUT2D eigenvalue weighted by atomic mass is 9.98. The number of ketones is 1. The highest BCUT2D eigenvalue weighted by molar-refractivity contribution is 5.86. The molecule has 102 valence electrons. The van der Waals surface area contributed by atoms with Crippen molar-refractivity contribution in [3.8, 4) is 0 Å². The molecule has 4 rings (SSSR count). The molecule has 0 spiro atoms. The summed E-state index contributed by atoms with van der Waals surface area (Å²) >= 11 is 0. The minimum absolute atomic E-state index is 0.373. The Morgan fingerprint density at radius 1 is 1.37 bits per heavy atom. The summed E-state index contributed by atoms with van der Waals surface area (Å²) in [5.74, 6) is 4.90. The van der Waals surface area contributed by atoms with E-state index in [4.69, 9.17) is 0 Å². The number of carbonyl (C=O) groups excluding carboxylic acids is 1.